The van der Waals surface area contributed by atoms with Crippen LogP contribution in [0.1, 0.15) is 22.3 Å². The van der Waals surface area contributed by atoms with Gasteiger partial charge in [-0.25, -0.2) is 15.0 Å². The zero-order chi connectivity index (χ0) is 33.0. The number of benzene rings is 7. The first-order valence-electron chi connectivity index (χ1n) is 17.2. The van der Waals surface area contributed by atoms with Crippen molar-refractivity contribution in [3.05, 3.63) is 186 Å². The van der Waals surface area contributed by atoms with Gasteiger partial charge in [0.2, 0.25) is 0 Å². The summed E-state index contributed by atoms with van der Waals surface area (Å²) in [6.45, 7) is 0. The maximum atomic E-state index is 5.00. The molecule has 2 aliphatic carbocycles. The minimum atomic E-state index is 0.676. The molecule has 2 aliphatic rings. The highest BCUT2D eigenvalue weighted by Crippen LogP contribution is 2.47. The van der Waals surface area contributed by atoms with E-state index in [-0.39, 0.29) is 0 Å². The maximum absolute atomic E-state index is 5.00. The predicted molar refractivity (Wildman–Crippen MR) is 203 cm³/mol. The van der Waals surface area contributed by atoms with Gasteiger partial charge in [0.1, 0.15) is 0 Å². The van der Waals surface area contributed by atoms with Gasteiger partial charge in [-0.1, -0.05) is 152 Å². The topological polar surface area (TPSA) is 38.7 Å². The Hall–Kier alpha value is -6.45. The largest absolute Gasteiger partial charge is 0.208 e. The summed E-state index contributed by atoms with van der Waals surface area (Å²) in [5.41, 5.74) is 18.9. The van der Waals surface area contributed by atoms with Crippen LogP contribution in [0.4, 0.5) is 0 Å². The van der Waals surface area contributed by atoms with Gasteiger partial charge in [0.25, 0.3) is 0 Å². The van der Waals surface area contributed by atoms with Crippen LogP contribution < -0.4 is 0 Å². The van der Waals surface area contributed by atoms with Gasteiger partial charge in [-0.2, -0.15) is 0 Å². The molecule has 0 N–H and O–H groups in total. The molecule has 0 radical (unpaired) electrons. The normalized spacial score (nSPS) is 12.2. The first kappa shape index (κ1) is 28.6. The Morgan fingerprint density at radius 1 is 0.280 bits per heavy atom. The Labute approximate surface area is 291 Å². The molecule has 0 fully saturated rings. The molecule has 0 saturated heterocycles. The van der Waals surface area contributed by atoms with Gasteiger partial charge in [0.05, 0.1) is 0 Å². The van der Waals surface area contributed by atoms with E-state index in [1.54, 1.807) is 0 Å². The molecule has 8 aromatic rings. The molecule has 50 heavy (non-hydrogen) atoms. The first-order chi connectivity index (χ1) is 24.8. The summed E-state index contributed by atoms with van der Waals surface area (Å²) < 4.78 is 0. The third kappa shape index (κ3) is 4.78. The standard InChI is InChI=1S/C47H31N3/c1-4-12-30(13-5-1)33-22-23-34-28-43-39(20-11-21-41(43)42(34)27-33)40-19-10-18-38-37-25-24-35(26-36(37)29-44(38)40)47-49-45(31-14-6-2-7-15-31)48-46(50-47)32-16-8-3-9-17-32/h1-27H,28-29H2. The average molecular weight is 638 g/mol. The zero-order valence-corrected chi connectivity index (χ0v) is 27.3. The van der Waals surface area contributed by atoms with E-state index in [4.69, 9.17) is 15.0 Å². The van der Waals surface area contributed by atoms with E-state index in [0.717, 1.165) is 29.5 Å². The SMILES string of the molecule is c1ccc(-c2ccc3c(c2)-c2cccc(-c4cccc5c4Cc4cc(-c6nc(-c7ccccc7)nc(-c7ccccc7)n6)ccc4-5)c2C3)cc1. The van der Waals surface area contributed by atoms with E-state index < -0.39 is 0 Å². The smallest absolute Gasteiger partial charge is 0.164 e. The van der Waals surface area contributed by atoms with Crippen molar-refractivity contribution >= 4 is 0 Å². The summed E-state index contributed by atoms with van der Waals surface area (Å²) in [5, 5.41) is 0. The molecule has 1 aromatic heterocycles. The van der Waals surface area contributed by atoms with Gasteiger partial charge < -0.3 is 0 Å². The minimum absolute atomic E-state index is 0.676. The van der Waals surface area contributed by atoms with Crippen LogP contribution in [0, 0.1) is 0 Å². The fourth-order valence-corrected chi connectivity index (χ4v) is 7.82. The minimum Gasteiger partial charge on any atom is -0.208 e. The molecule has 0 unspecified atom stereocenters. The van der Waals surface area contributed by atoms with E-state index in [0.29, 0.717) is 17.5 Å². The van der Waals surface area contributed by atoms with Crippen molar-refractivity contribution in [3.8, 4) is 78.7 Å². The van der Waals surface area contributed by atoms with Crippen LogP contribution in [0.5, 0.6) is 0 Å². The van der Waals surface area contributed by atoms with Crippen LogP contribution in [0.15, 0.2) is 164 Å². The Morgan fingerprint density at radius 2 is 0.740 bits per heavy atom. The van der Waals surface area contributed by atoms with Crippen molar-refractivity contribution in [1.29, 1.82) is 0 Å². The molecule has 0 bridgehead atoms. The quantitative estimate of drug-likeness (QED) is 0.188. The highest BCUT2D eigenvalue weighted by atomic mass is 15.0. The van der Waals surface area contributed by atoms with Gasteiger partial charge in [-0.15, -0.1) is 0 Å². The molecular formula is C47H31N3. The Bertz CT molecular complexity index is 2520. The van der Waals surface area contributed by atoms with Gasteiger partial charge in [0, 0.05) is 16.7 Å². The number of nitrogens with zero attached hydrogens (tertiary/aromatic N) is 3. The Kier molecular flexibility index (Phi) is 6.63. The monoisotopic (exact) mass is 637 g/mol. The van der Waals surface area contributed by atoms with Crippen molar-refractivity contribution in [1.82, 2.24) is 15.0 Å². The molecule has 0 aliphatic heterocycles. The number of rotatable bonds is 5. The molecular weight excluding hydrogens is 607 g/mol. The van der Waals surface area contributed by atoms with Crippen LogP contribution in [-0.4, -0.2) is 15.0 Å². The van der Waals surface area contributed by atoms with E-state index in [1.807, 2.05) is 36.4 Å². The summed E-state index contributed by atoms with van der Waals surface area (Å²) in [6.07, 6.45) is 1.81. The van der Waals surface area contributed by atoms with Gasteiger partial charge >= 0.3 is 0 Å². The molecule has 0 amide bonds. The lowest BCUT2D eigenvalue weighted by atomic mass is 9.90. The fourth-order valence-electron chi connectivity index (χ4n) is 7.82. The number of hydrogen-bond donors (Lipinski definition) is 0. The molecule has 0 spiro atoms. The highest BCUT2D eigenvalue weighted by Gasteiger charge is 2.27. The lowest BCUT2D eigenvalue weighted by Gasteiger charge is -2.13. The third-order valence-corrected chi connectivity index (χ3v) is 10.2. The molecule has 7 aromatic carbocycles. The van der Waals surface area contributed by atoms with Crippen LogP contribution in [0.3, 0.4) is 0 Å². The van der Waals surface area contributed by atoms with E-state index in [9.17, 15) is 0 Å². The fraction of sp³-hybridized carbons (Fsp3) is 0.0426. The number of aromatic nitrogens is 3. The number of hydrogen-bond acceptors (Lipinski definition) is 3. The Balaban J connectivity index is 1.03. The maximum Gasteiger partial charge on any atom is 0.164 e. The van der Waals surface area contributed by atoms with Gasteiger partial charge in [-0.3, -0.25) is 0 Å². The van der Waals surface area contributed by atoms with Crippen LogP contribution in [0.25, 0.3) is 78.7 Å². The predicted octanol–water partition coefficient (Wildman–Crippen LogP) is 11.3. The second-order valence-corrected chi connectivity index (χ2v) is 13.2. The van der Waals surface area contributed by atoms with Gasteiger partial charge in [-0.05, 0) is 91.7 Å². The average Bonchev–Trinajstić information content (AvgIpc) is 3.76. The first-order valence-corrected chi connectivity index (χ1v) is 17.2. The summed E-state index contributed by atoms with van der Waals surface area (Å²) >= 11 is 0. The highest BCUT2D eigenvalue weighted by molar-refractivity contribution is 5.91. The molecule has 3 nitrogen and oxygen atoms in total. The second kappa shape index (κ2) is 11.6. The van der Waals surface area contributed by atoms with E-state index >= 15 is 0 Å². The third-order valence-electron chi connectivity index (χ3n) is 10.2. The van der Waals surface area contributed by atoms with E-state index in [1.165, 1.54) is 66.8 Å². The van der Waals surface area contributed by atoms with Crippen molar-refractivity contribution in [2.24, 2.45) is 0 Å². The van der Waals surface area contributed by atoms with Crippen molar-refractivity contribution in [3.63, 3.8) is 0 Å². The zero-order valence-electron chi connectivity index (χ0n) is 27.3. The summed E-state index contributed by atoms with van der Waals surface area (Å²) in [5.74, 6) is 2.04. The van der Waals surface area contributed by atoms with Crippen molar-refractivity contribution < 1.29 is 0 Å². The molecule has 0 atom stereocenters. The molecule has 3 heteroatoms. The molecule has 10 rings (SSSR count). The lowest BCUT2D eigenvalue weighted by molar-refractivity contribution is 1.07. The summed E-state index contributed by atoms with van der Waals surface area (Å²) in [4.78, 5) is 14.9. The van der Waals surface area contributed by atoms with Crippen molar-refractivity contribution in [2.75, 3.05) is 0 Å². The van der Waals surface area contributed by atoms with Crippen LogP contribution in [-0.2, 0) is 12.8 Å². The number of fused-ring (bicyclic) bond motifs is 6. The lowest BCUT2D eigenvalue weighted by Crippen LogP contribution is -2.00. The second-order valence-electron chi connectivity index (χ2n) is 13.2. The van der Waals surface area contributed by atoms with Crippen LogP contribution in [0.2, 0.25) is 0 Å². The van der Waals surface area contributed by atoms with Crippen LogP contribution >= 0.6 is 0 Å². The van der Waals surface area contributed by atoms with Crippen molar-refractivity contribution in [2.45, 2.75) is 12.8 Å². The molecule has 0 saturated carbocycles. The van der Waals surface area contributed by atoms with E-state index in [2.05, 4.69) is 127 Å². The molecule has 1 heterocycles. The van der Waals surface area contributed by atoms with Gasteiger partial charge in [0.15, 0.2) is 17.5 Å². The summed E-state index contributed by atoms with van der Waals surface area (Å²) in [7, 11) is 0. The Morgan fingerprint density at radius 3 is 1.32 bits per heavy atom. The molecule has 234 valence electrons. The summed E-state index contributed by atoms with van der Waals surface area (Å²) in [6, 6.07) is 58.3.